The molecular weight excluding hydrogens is 325 g/mol. The molecule has 0 N–H and O–H groups in total. The lowest BCUT2D eigenvalue weighted by molar-refractivity contribution is -0.108. The zero-order valence-corrected chi connectivity index (χ0v) is 17.5. The van der Waals surface area contributed by atoms with Crippen LogP contribution in [0.25, 0.3) is 0 Å². The van der Waals surface area contributed by atoms with Gasteiger partial charge in [-0.3, -0.25) is 9.80 Å². The number of hydrogen-bond acceptors (Lipinski definition) is 3. The Morgan fingerprint density at radius 2 is 1.54 bits per heavy atom. The van der Waals surface area contributed by atoms with Gasteiger partial charge in [0.05, 0.1) is 0 Å². The molecule has 26 heavy (non-hydrogen) atoms. The van der Waals surface area contributed by atoms with E-state index in [-0.39, 0.29) is 0 Å². The summed E-state index contributed by atoms with van der Waals surface area (Å²) in [7, 11) is 0. The molecule has 0 aromatic carbocycles. The van der Waals surface area contributed by atoms with E-state index in [1.165, 1.54) is 45.3 Å². The van der Waals surface area contributed by atoms with Crippen molar-refractivity contribution in [2.45, 2.75) is 90.0 Å². The number of nitrogens with zero attached hydrogens (tertiary/aromatic N) is 3. The minimum Gasteiger partial charge on any atom is -0.301 e. The molecule has 1 aliphatic carbocycles. The summed E-state index contributed by atoms with van der Waals surface area (Å²) >= 11 is 0. The summed E-state index contributed by atoms with van der Waals surface area (Å²) in [6.07, 6.45) is 7.01. The van der Waals surface area contributed by atoms with Crippen LogP contribution in [0.1, 0.15) is 66.2 Å². The van der Waals surface area contributed by atoms with E-state index in [0.29, 0.717) is 30.1 Å². The lowest BCUT2D eigenvalue weighted by Gasteiger charge is -2.58. The van der Waals surface area contributed by atoms with Crippen molar-refractivity contribution >= 4 is 0 Å². The topological polar surface area (TPSA) is 9.72 Å². The van der Waals surface area contributed by atoms with Crippen LogP contribution in [0.15, 0.2) is 0 Å². The van der Waals surface area contributed by atoms with Crippen LogP contribution in [0.5, 0.6) is 0 Å². The number of alkyl halides is 1. The van der Waals surface area contributed by atoms with Crippen molar-refractivity contribution in [1.29, 1.82) is 0 Å². The van der Waals surface area contributed by atoms with Gasteiger partial charge in [-0.05, 0) is 63.7 Å². The van der Waals surface area contributed by atoms with E-state index in [9.17, 15) is 0 Å². The van der Waals surface area contributed by atoms with Gasteiger partial charge in [0.1, 0.15) is 5.67 Å². The average Bonchev–Trinajstić information content (AvgIpc) is 3.31. The van der Waals surface area contributed by atoms with Crippen LogP contribution in [0.4, 0.5) is 4.39 Å². The third-order valence-electron chi connectivity index (χ3n) is 7.67. The summed E-state index contributed by atoms with van der Waals surface area (Å²) in [6, 6.07) is 1.80. The molecule has 0 aromatic rings. The van der Waals surface area contributed by atoms with Crippen LogP contribution >= 0.6 is 0 Å². The molecule has 5 aliphatic rings. The molecule has 0 spiro atoms. The molecule has 150 valence electrons. The zero-order valence-electron chi connectivity index (χ0n) is 17.5. The van der Waals surface area contributed by atoms with Crippen molar-refractivity contribution in [2.24, 2.45) is 11.3 Å². The molecule has 3 nitrogen and oxygen atoms in total. The van der Waals surface area contributed by atoms with E-state index >= 15 is 4.39 Å². The second-order valence-corrected chi connectivity index (χ2v) is 10.8. The Kier molecular flexibility index (Phi) is 5.16. The highest BCUT2D eigenvalue weighted by Crippen LogP contribution is 2.52. The smallest absolute Gasteiger partial charge is 0.126 e. The summed E-state index contributed by atoms with van der Waals surface area (Å²) < 4.78 is 15.4. The van der Waals surface area contributed by atoms with Crippen molar-refractivity contribution in [3.05, 3.63) is 0 Å². The van der Waals surface area contributed by atoms with Gasteiger partial charge in [-0.2, -0.15) is 0 Å². The molecule has 5 fully saturated rings. The fourth-order valence-corrected chi connectivity index (χ4v) is 6.03. The SMILES string of the molecule is CC(C)CC1(CN2CC3CC(C2)N3CC2(F)CCN(C(C)C)CC2)CC1. The predicted octanol–water partition coefficient (Wildman–Crippen LogP) is 3.78. The largest absolute Gasteiger partial charge is 0.301 e. The maximum Gasteiger partial charge on any atom is 0.126 e. The molecule has 5 rings (SSSR count). The van der Waals surface area contributed by atoms with Crippen molar-refractivity contribution in [3.63, 3.8) is 0 Å². The van der Waals surface area contributed by atoms with Gasteiger partial charge >= 0.3 is 0 Å². The van der Waals surface area contributed by atoms with Gasteiger partial charge in [0.25, 0.3) is 0 Å². The number of piperazine rings is 1. The molecule has 1 saturated carbocycles. The molecular formula is C22H40FN3. The first-order chi connectivity index (χ1) is 12.3. The summed E-state index contributed by atoms with van der Waals surface area (Å²) in [5.74, 6) is 0.816. The number of hydrogen-bond donors (Lipinski definition) is 0. The van der Waals surface area contributed by atoms with Crippen LogP contribution in [-0.4, -0.2) is 77.8 Å². The van der Waals surface area contributed by atoms with Gasteiger partial charge in [-0.15, -0.1) is 0 Å². The highest BCUT2D eigenvalue weighted by Gasteiger charge is 2.51. The predicted molar refractivity (Wildman–Crippen MR) is 106 cm³/mol. The highest BCUT2D eigenvalue weighted by molar-refractivity contribution is 5.06. The third kappa shape index (κ3) is 3.98. The van der Waals surface area contributed by atoms with Crippen molar-refractivity contribution in [1.82, 2.24) is 14.7 Å². The summed E-state index contributed by atoms with van der Waals surface area (Å²) in [5.41, 5.74) is -0.312. The minimum atomic E-state index is -0.945. The van der Waals surface area contributed by atoms with Gasteiger partial charge in [-0.1, -0.05) is 13.8 Å². The Morgan fingerprint density at radius 3 is 2.04 bits per heavy atom. The maximum atomic E-state index is 15.4. The molecule has 0 amide bonds. The van der Waals surface area contributed by atoms with Crippen molar-refractivity contribution in [3.8, 4) is 0 Å². The van der Waals surface area contributed by atoms with Crippen molar-refractivity contribution < 1.29 is 4.39 Å². The van der Waals surface area contributed by atoms with Crippen molar-refractivity contribution in [2.75, 3.05) is 39.3 Å². The monoisotopic (exact) mass is 365 g/mol. The van der Waals surface area contributed by atoms with Crippen LogP contribution in [-0.2, 0) is 0 Å². The van der Waals surface area contributed by atoms with E-state index in [1.54, 1.807) is 0 Å². The first-order valence-electron chi connectivity index (χ1n) is 11.2. The standard InChI is InChI=1S/C22H40FN3/c1-17(2)12-21(5-6-21)15-24-13-19-11-20(14-24)26(19)16-22(23)7-9-25(10-8-22)18(3)4/h17-20H,5-16H2,1-4H3. The van der Waals surface area contributed by atoms with E-state index < -0.39 is 5.67 Å². The lowest BCUT2D eigenvalue weighted by atomic mass is 9.82. The first kappa shape index (κ1) is 19.1. The molecule has 0 radical (unpaired) electrons. The third-order valence-corrected chi connectivity index (χ3v) is 7.67. The van der Waals surface area contributed by atoms with E-state index in [4.69, 9.17) is 0 Å². The Hall–Kier alpha value is -0.190. The Morgan fingerprint density at radius 1 is 0.923 bits per heavy atom. The second kappa shape index (κ2) is 7.00. The van der Waals surface area contributed by atoms with Crippen LogP contribution in [0.2, 0.25) is 0 Å². The van der Waals surface area contributed by atoms with Crippen LogP contribution in [0.3, 0.4) is 0 Å². The fraction of sp³-hybridized carbons (Fsp3) is 1.00. The number of likely N-dealkylation sites (tertiary alicyclic amines) is 1. The number of halogens is 1. The minimum absolute atomic E-state index is 0.553. The summed E-state index contributed by atoms with van der Waals surface area (Å²) in [4.78, 5) is 7.68. The molecule has 4 heterocycles. The number of fused-ring (bicyclic) bond motifs is 2. The van der Waals surface area contributed by atoms with Gasteiger partial charge in [0.15, 0.2) is 0 Å². The summed E-state index contributed by atoms with van der Waals surface area (Å²) in [6.45, 7) is 15.4. The molecule has 2 unspecified atom stereocenters. The van der Waals surface area contributed by atoms with Crippen LogP contribution in [0, 0.1) is 11.3 Å². The average molecular weight is 366 g/mol. The Labute approximate surface area is 160 Å². The quantitative estimate of drug-likeness (QED) is 0.680. The van der Waals surface area contributed by atoms with Gasteiger partial charge < -0.3 is 4.90 Å². The Bertz CT molecular complexity index is 482. The van der Waals surface area contributed by atoms with Gasteiger partial charge in [0.2, 0.25) is 0 Å². The van der Waals surface area contributed by atoms with E-state index in [1.807, 2.05) is 0 Å². The first-order valence-corrected chi connectivity index (χ1v) is 11.2. The maximum absolute atomic E-state index is 15.4. The fourth-order valence-electron chi connectivity index (χ4n) is 6.03. The van der Waals surface area contributed by atoms with E-state index in [2.05, 4.69) is 42.4 Å². The Balaban J connectivity index is 1.26. The lowest BCUT2D eigenvalue weighted by Crippen LogP contribution is -2.71. The molecule has 0 aromatic heterocycles. The summed E-state index contributed by atoms with van der Waals surface area (Å²) in [5, 5.41) is 0. The van der Waals surface area contributed by atoms with Gasteiger partial charge in [-0.25, -0.2) is 4.39 Å². The zero-order chi connectivity index (χ0) is 18.5. The number of rotatable bonds is 7. The number of piperidine rings is 2. The van der Waals surface area contributed by atoms with Gasteiger partial charge in [0, 0.05) is 57.4 Å². The second-order valence-electron chi connectivity index (χ2n) is 10.8. The normalized spacial score (nSPS) is 34.3. The molecule has 4 aliphatic heterocycles. The highest BCUT2D eigenvalue weighted by atomic mass is 19.1. The molecule has 4 saturated heterocycles. The van der Waals surface area contributed by atoms with E-state index in [0.717, 1.165) is 31.8 Å². The molecule has 2 bridgehead atoms. The molecule has 2 atom stereocenters. The van der Waals surface area contributed by atoms with Crippen LogP contribution < -0.4 is 0 Å². The molecule has 4 heteroatoms.